The molecule has 0 aliphatic carbocycles. The molecule has 1 fully saturated rings. The summed E-state index contributed by atoms with van der Waals surface area (Å²) >= 11 is 0. The lowest BCUT2D eigenvalue weighted by atomic mass is 10.0. The molecular weight excluding hydrogens is 316 g/mol. The Labute approximate surface area is 148 Å². The van der Waals surface area contributed by atoms with E-state index < -0.39 is 0 Å². The first-order chi connectivity index (χ1) is 12.2. The van der Waals surface area contributed by atoms with Gasteiger partial charge in [-0.25, -0.2) is 9.97 Å². The molecule has 0 bridgehead atoms. The van der Waals surface area contributed by atoms with Gasteiger partial charge in [0.25, 0.3) is 5.91 Å². The summed E-state index contributed by atoms with van der Waals surface area (Å²) in [5.41, 5.74) is 0.996. The Morgan fingerprint density at radius 3 is 3.00 bits per heavy atom. The van der Waals surface area contributed by atoms with Gasteiger partial charge in [0.1, 0.15) is 23.6 Å². The van der Waals surface area contributed by atoms with Crippen molar-refractivity contribution < 1.29 is 9.53 Å². The van der Waals surface area contributed by atoms with Crippen molar-refractivity contribution in [2.24, 2.45) is 5.92 Å². The van der Waals surface area contributed by atoms with Crippen molar-refractivity contribution in [1.29, 1.82) is 0 Å². The summed E-state index contributed by atoms with van der Waals surface area (Å²) in [4.78, 5) is 23.3. The monoisotopic (exact) mass is 340 g/mol. The Morgan fingerprint density at radius 1 is 1.36 bits per heavy atom. The first-order valence-corrected chi connectivity index (χ1v) is 8.77. The second kappa shape index (κ2) is 7.96. The second-order valence-corrected chi connectivity index (χ2v) is 6.34. The van der Waals surface area contributed by atoms with E-state index in [0.717, 1.165) is 25.3 Å². The van der Waals surface area contributed by atoms with Gasteiger partial charge in [0.05, 0.1) is 12.3 Å². The average Bonchev–Trinajstić information content (AvgIpc) is 2.64. The maximum atomic E-state index is 12.6. The molecule has 1 aliphatic rings. The normalized spacial score (nSPS) is 17.2. The van der Waals surface area contributed by atoms with Gasteiger partial charge in [0, 0.05) is 19.2 Å². The lowest BCUT2D eigenvalue weighted by Crippen LogP contribution is -2.35. The summed E-state index contributed by atoms with van der Waals surface area (Å²) in [6.45, 7) is 6.62. The van der Waals surface area contributed by atoms with Gasteiger partial charge in [-0.15, -0.1) is 0 Å². The molecule has 2 aromatic rings. The molecule has 1 saturated heterocycles. The van der Waals surface area contributed by atoms with Gasteiger partial charge in [-0.2, -0.15) is 0 Å². The van der Waals surface area contributed by atoms with Crippen molar-refractivity contribution in [3.8, 4) is 5.75 Å². The number of hydrogen-bond acceptors (Lipinski definition) is 5. The number of carbonyl (C=O) groups is 1. The number of ether oxygens (including phenoxy) is 1. The molecular formula is C19H24N4O2. The third-order valence-electron chi connectivity index (χ3n) is 4.30. The predicted molar refractivity (Wildman–Crippen MR) is 98.2 cm³/mol. The minimum atomic E-state index is -0.263. The van der Waals surface area contributed by atoms with E-state index in [1.807, 2.05) is 31.2 Å². The van der Waals surface area contributed by atoms with Crippen LogP contribution in [0.1, 0.15) is 37.2 Å². The van der Waals surface area contributed by atoms with Gasteiger partial charge in [-0.1, -0.05) is 19.1 Å². The molecule has 1 atom stereocenters. The molecule has 1 amide bonds. The molecule has 1 aromatic heterocycles. The maximum absolute atomic E-state index is 12.6. The van der Waals surface area contributed by atoms with E-state index in [1.54, 1.807) is 6.07 Å². The van der Waals surface area contributed by atoms with Gasteiger partial charge in [0.2, 0.25) is 0 Å². The van der Waals surface area contributed by atoms with Crippen LogP contribution in [0.4, 0.5) is 11.5 Å². The highest BCUT2D eigenvalue weighted by Crippen LogP contribution is 2.25. The lowest BCUT2D eigenvalue weighted by molar-refractivity contribution is 0.102. The van der Waals surface area contributed by atoms with Crippen LogP contribution in [0, 0.1) is 5.92 Å². The summed E-state index contributed by atoms with van der Waals surface area (Å²) in [7, 11) is 0. The fourth-order valence-corrected chi connectivity index (χ4v) is 3.08. The van der Waals surface area contributed by atoms with E-state index in [4.69, 9.17) is 4.74 Å². The Bertz CT molecular complexity index is 735. The lowest BCUT2D eigenvalue weighted by Gasteiger charge is -2.31. The number of hydrogen-bond donors (Lipinski definition) is 1. The molecule has 0 saturated carbocycles. The molecule has 25 heavy (non-hydrogen) atoms. The summed E-state index contributed by atoms with van der Waals surface area (Å²) in [5, 5.41) is 2.88. The summed E-state index contributed by atoms with van der Waals surface area (Å²) in [6.07, 6.45) is 3.84. The molecule has 0 radical (unpaired) electrons. The van der Waals surface area contributed by atoms with E-state index in [0.29, 0.717) is 29.7 Å². The number of anilines is 2. The quantitative estimate of drug-likeness (QED) is 0.904. The van der Waals surface area contributed by atoms with Crippen LogP contribution < -0.4 is 15.0 Å². The fourth-order valence-electron chi connectivity index (χ4n) is 3.08. The van der Waals surface area contributed by atoms with E-state index in [2.05, 4.69) is 27.1 Å². The highest BCUT2D eigenvalue weighted by atomic mass is 16.5. The van der Waals surface area contributed by atoms with E-state index in [9.17, 15) is 4.79 Å². The highest BCUT2D eigenvalue weighted by Gasteiger charge is 2.19. The van der Waals surface area contributed by atoms with Crippen molar-refractivity contribution >= 4 is 17.4 Å². The molecule has 0 spiro atoms. The van der Waals surface area contributed by atoms with Crippen molar-refractivity contribution in [3.05, 3.63) is 42.4 Å². The van der Waals surface area contributed by atoms with Crippen molar-refractivity contribution in [2.75, 3.05) is 29.9 Å². The fraction of sp³-hybridized carbons (Fsp3) is 0.421. The molecule has 6 nitrogen and oxygen atoms in total. The Hall–Kier alpha value is -2.63. The maximum Gasteiger partial charge on any atom is 0.274 e. The molecule has 2 heterocycles. The minimum Gasteiger partial charge on any atom is -0.492 e. The molecule has 6 heteroatoms. The zero-order valence-corrected chi connectivity index (χ0v) is 14.7. The second-order valence-electron chi connectivity index (χ2n) is 6.34. The molecule has 132 valence electrons. The van der Waals surface area contributed by atoms with Crippen LogP contribution in [0.15, 0.2) is 36.7 Å². The van der Waals surface area contributed by atoms with Crippen LogP contribution in [-0.2, 0) is 0 Å². The topological polar surface area (TPSA) is 67.3 Å². The molecule has 3 rings (SSSR count). The molecule has 1 aromatic carbocycles. The number of rotatable bonds is 5. The first kappa shape index (κ1) is 17.2. The number of amides is 1. The largest absolute Gasteiger partial charge is 0.492 e. The molecule has 1 unspecified atom stereocenters. The third-order valence-corrected chi connectivity index (χ3v) is 4.30. The highest BCUT2D eigenvalue weighted by molar-refractivity contribution is 6.04. The number of nitrogens with one attached hydrogen (secondary N) is 1. The number of carbonyl (C=O) groups excluding carboxylic acids is 1. The number of para-hydroxylation sites is 2. The minimum absolute atomic E-state index is 0.263. The van der Waals surface area contributed by atoms with Crippen LogP contribution in [0.2, 0.25) is 0 Å². The molecule has 1 aliphatic heterocycles. The van der Waals surface area contributed by atoms with E-state index >= 15 is 0 Å². The molecule has 1 N–H and O–H groups in total. The van der Waals surface area contributed by atoms with Gasteiger partial charge in [0.15, 0.2) is 0 Å². The number of aromatic nitrogens is 2. The van der Waals surface area contributed by atoms with Crippen molar-refractivity contribution in [1.82, 2.24) is 9.97 Å². The average molecular weight is 340 g/mol. The summed E-state index contributed by atoms with van der Waals surface area (Å²) < 4.78 is 5.55. The van der Waals surface area contributed by atoms with Crippen LogP contribution in [-0.4, -0.2) is 35.6 Å². The number of benzene rings is 1. The number of piperidine rings is 1. The third kappa shape index (κ3) is 4.26. The van der Waals surface area contributed by atoms with Gasteiger partial charge in [-0.3, -0.25) is 4.79 Å². The van der Waals surface area contributed by atoms with Gasteiger partial charge >= 0.3 is 0 Å². The van der Waals surface area contributed by atoms with Gasteiger partial charge < -0.3 is 15.0 Å². The van der Waals surface area contributed by atoms with Gasteiger partial charge in [-0.05, 0) is 37.8 Å². The van der Waals surface area contributed by atoms with E-state index in [-0.39, 0.29) is 5.91 Å². The zero-order chi connectivity index (χ0) is 17.6. The van der Waals surface area contributed by atoms with E-state index in [1.165, 1.54) is 12.7 Å². The first-order valence-electron chi connectivity index (χ1n) is 8.77. The Morgan fingerprint density at radius 2 is 2.20 bits per heavy atom. The Balaban J connectivity index is 1.76. The summed E-state index contributed by atoms with van der Waals surface area (Å²) in [5.74, 6) is 1.84. The van der Waals surface area contributed by atoms with Crippen molar-refractivity contribution in [2.45, 2.75) is 26.7 Å². The van der Waals surface area contributed by atoms with Crippen LogP contribution >= 0.6 is 0 Å². The SMILES string of the molecule is CCOc1ccccc1NC(=O)c1cc(N2CCCC(C)C2)ncn1. The van der Waals surface area contributed by atoms with Crippen LogP contribution in [0.25, 0.3) is 0 Å². The standard InChI is InChI=1S/C19H24N4O2/c1-3-25-17-9-5-4-8-15(17)22-19(24)16-11-18(21-13-20-16)23-10-6-7-14(2)12-23/h4-5,8-9,11,13-14H,3,6-7,10,12H2,1-2H3,(H,22,24). The zero-order valence-electron chi connectivity index (χ0n) is 14.7. The van der Waals surface area contributed by atoms with Crippen LogP contribution in [0.3, 0.4) is 0 Å². The van der Waals surface area contributed by atoms with Crippen LogP contribution in [0.5, 0.6) is 5.75 Å². The predicted octanol–water partition coefficient (Wildman–Crippen LogP) is 3.36. The smallest absolute Gasteiger partial charge is 0.274 e. The van der Waals surface area contributed by atoms with Crippen molar-refractivity contribution in [3.63, 3.8) is 0 Å². The Kier molecular flexibility index (Phi) is 5.48. The number of nitrogens with zero attached hydrogens (tertiary/aromatic N) is 3. The summed E-state index contributed by atoms with van der Waals surface area (Å²) in [6, 6.07) is 9.15.